The summed E-state index contributed by atoms with van der Waals surface area (Å²) in [5.74, 6) is 0. The van der Waals surface area contributed by atoms with Crippen LogP contribution in [0.15, 0.2) is 0 Å². The van der Waals surface area contributed by atoms with Crippen LogP contribution in [0.3, 0.4) is 0 Å². The summed E-state index contributed by atoms with van der Waals surface area (Å²) in [6.45, 7) is 2.54. The Morgan fingerprint density at radius 2 is 2.33 bits per heavy atom. The van der Waals surface area contributed by atoms with Gasteiger partial charge in [0.25, 0.3) is 0 Å². The Balaban J connectivity index is 2.63. The van der Waals surface area contributed by atoms with Crippen molar-refractivity contribution in [1.29, 1.82) is 0 Å². The average molecular weight is 211 g/mol. The summed E-state index contributed by atoms with van der Waals surface area (Å²) in [7, 11) is -3.73. The molecule has 1 aliphatic rings. The van der Waals surface area contributed by atoms with Gasteiger partial charge in [0.05, 0.1) is 5.67 Å². The first-order valence-electron chi connectivity index (χ1n) is 3.61. The zero-order valence-corrected chi connectivity index (χ0v) is 8.38. The lowest BCUT2D eigenvalue weighted by Gasteiger charge is -2.26. The second-order valence-corrected chi connectivity index (χ2v) is 6.51. The zero-order valence-electron chi connectivity index (χ0n) is 6.62. The van der Waals surface area contributed by atoms with E-state index in [0.29, 0.717) is 13.1 Å². The molecule has 5 nitrogen and oxygen atoms in total. The van der Waals surface area contributed by atoms with Crippen LogP contribution in [-0.4, -0.2) is 47.1 Å². The topological polar surface area (TPSA) is 72.8 Å². The highest BCUT2D eigenvalue weighted by Gasteiger charge is 2.42. The number of rotatable bonds is 2. The van der Waals surface area contributed by atoms with Gasteiger partial charge in [-0.3, -0.25) is 0 Å². The summed E-state index contributed by atoms with van der Waals surface area (Å²) in [6, 6.07) is -0.289. The Kier molecular flexibility index (Phi) is 2.62. The molecule has 0 aromatic rings. The number of hydrogen-bond donors (Lipinski definition) is 3. The van der Waals surface area contributed by atoms with E-state index < -0.39 is 13.5 Å². The van der Waals surface area contributed by atoms with Crippen molar-refractivity contribution in [3.8, 4) is 0 Å². The third-order valence-corrected chi connectivity index (χ3v) is 4.21. The number of halogens is 1. The summed E-state index contributed by atoms with van der Waals surface area (Å²) < 4.78 is 0. The minimum atomic E-state index is -3.73. The standard InChI is InChI=1S/C5H11ClN2O3Si/c1-4(12(6,10)11)8-3-2-7-5(8)9/h4,10-11H,2-3H2,1H3,(H,7,9). The molecule has 3 N–H and O–H groups in total. The maximum atomic E-state index is 11.0. The van der Waals surface area contributed by atoms with Crippen LogP contribution in [-0.2, 0) is 0 Å². The summed E-state index contributed by atoms with van der Waals surface area (Å²) in [4.78, 5) is 30.6. The average Bonchev–Trinajstić information content (AvgIpc) is 2.31. The first kappa shape index (κ1) is 9.78. The molecule has 0 aliphatic carbocycles. The van der Waals surface area contributed by atoms with Crippen LogP contribution >= 0.6 is 11.1 Å². The van der Waals surface area contributed by atoms with Crippen molar-refractivity contribution < 1.29 is 14.4 Å². The van der Waals surface area contributed by atoms with Crippen LogP contribution in [0, 0.1) is 0 Å². The summed E-state index contributed by atoms with van der Waals surface area (Å²) in [5.41, 5.74) is -0.679. The molecule has 0 bridgehead atoms. The summed E-state index contributed by atoms with van der Waals surface area (Å²) >= 11 is 5.36. The SMILES string of the molecule is CC(N1CCNC1=O)[Si](O)(O)Cl. The second kappa shape index (κ2) is 3.21. The van der Waals surface area contributed by atoms with Gasteiger partial charge >= 0.3 is 13.9 Å². The lowest BCUT2D eigenvalue weighted by molar-refractivity contribution is 0.204. The van der Waals surface area contributed by atoms with E-state index in [-0.39, 0.29) is 6.03 Å². The largest absolute Gasteiger partial charge is 0.461 e. The molecule has 1 heterocycles. The van der Waals surface area contributed by atoms with E-state index in [2.05, 4.69) is 5.32 Å². The van der Waals surface area contributed by atoms with E-state index >= 15 is 0 Å². The van der Waals surface area contributed by atoms with Gasteiger partial charge in [0.2, 0.25) is 0 Å². The van der Waals surface area contributed by atoms with E-state index in [1.165, 1.54) is 11.8 Å². The highest BCUT2D eigenvalue weighted by molar-refractivity contribution is 7.12. The van der Waals surface area contributed by atoms with Crippen LogP contribution in [0.4, 0.5) is 4.79 Å². The van der Waals surface area contributed by atoms with Gasteiger partial charge in [-0.15, -0.1) is 0 Å². The van der Waals surface area contributed by atoms with E-state index in [1.54, 1.807) is 0 Å². The van der Waals surface area contributed by atoms with Crippen molar-refractivity contribution in [3.63, 3.8) is 0 Å². The van der Waals surface area contributed by atoms with Gasteiger partial charge in [-0.05, 0) is 6.92 Å². The molecule has 0 spiro atoms. The number of urea groups is 1. The monoisotopic (exact) mass is 210 g/mol. The number of nitrogens with one attached hydrogen (secondary N) is 1. The molecule has 7 heteroatoms. The van der Waals surface area contributed by atoms with Gasteiger partial charge in [-0.1, -0.05) is 11.1 Å². The van der Waals surface area contributed by atoms with E-state index in [0.717, 1.165) is 0 Å². The van der Waals surface area contributed by atoms with Gasteiger partial charge in [0.15, 0.2) is 0 Å². The first-order chi connectivity index (χ1) is 5.43. The van der Waals surface area contributed by atoms with Crippen molar-refractivity contribution in [2.45, 2.75) is 12.6 Å². The van der Waals surface area contributed by atoms with Crippen molar-refractivity contribution in [1.82, 2.24) is 10.2 Å². The minimum absolute atomic E-state index is 0.289. The molecule has 1 fully saturated rings. The van der Waals surface area contributed by atoms with Gasteiger partial charge < -0.3 is 19.8 Å². The molecule has 0 aromatic carbocycles. The Bertz CT molecular complexity index is 196. The first-order valence-corrected chi connectivity index (χ1v) is 6.59. The molecule has 1 unspecified atom stereocenters. The maximum Gasteiger partial charge on any atom is 0.461 e. The highest BCUT2D eigenvalue weighted by Crippen LogP contribution is 2.14. The number of hydrogen-bond acceptors (Lipinski definition) is 3. The number of nitrogens with zero attached hydrogens (tertiary/aromatic N) is 1. The molecule has 0 aromatic heterocycles. The second-order valence-electron chi connectivity index (χ2n) is 2.74. The van der Waals surface area contributed by atoms with E-state index in [1.807, 2.05) is 0 Å². The Hall–Kier alpha value is -0.303. The van der Waals surface area contributed by atoms with Crippen molar-refractivity contribution in [3.05, 3.63) is 0 Å². The molecular weight excluding hydrogens is 200 g/mol. The molecular formula is C5H11ClN2O3Si. The van der Waals surface area contributed by atoms with Crippen LogP contribution < -0.4 is 5.32 Å². The van der Waals surface area contributed by atoms with Crippen molar-refractivity contribution in [2.75, 3.05) is 13.1 Å². The van der Waals surface area contributed by atoms with E-state index in [9.17, 15) is 4.79 Å². The molecule has 2 amide bonds. The van der Waals surface area contributed by atoms with Crippen LogP contribution in [0.2, 0.25) is 0 Å². The summed E-state index contributed by atoms with van der Waals surface area (Å²) in [5, 5.41) is 2.55. The lowest BCUT2D eigenvalue weighted by atomic mass is 10.6. The molecule has 70 valence electrons. The van der Waals surface area contributed by atoms with Crippen LogP contribution in [0.25, 0.3) is 0 Å². The predicted molar refractivity (Wildman–Crippen MR) is 45.6 cm³/mol. The molecule has 0 radical (unpaired) electrons. The smallest absolute Gasteiger partial charge is 0.398 e. The molecule has 1 aliphatic heterocycles. The van der Waals surface area contributed by atoms with Crippen molar-refractivity contribution in [2.24, 2.45) is 0 Å². The molecule has 12 heavy (non-hydrogen) atoms. The molecule has 1 atom stereocenters. The minimum Gasteiger partial charge on any atom is -0.398 e. The highest BCUT2D eigenvalue weighted by atomic mass is 35.6. The van der Waals surface area contributed by atoms with E-state index in [4.69, 9.17) is 20.7 Å². The predicted octanol–water partition coefficient (Wildman–Crippen LogP) is -0.898. The molecule has 1 rings (SSSR count). The number of amides is 2. The number of carbonyl (C=O) groups is 1. The Morgan fingerprint density at radius 3 is 2.67 bits per heavy atom. The van der Waals surface area contributed by atoms with Crippen molar-refractivity contribution >= 4 is 25.0 Å². The van der Waals surface area contributed by atoms with Gasteiger partial charge in [-0.2, -0.15) is 0 Å². The van der Waals surface area contributed by atoms with Crippen LogP contribution in [0.5, 0.6) is 0 Å². The molecule has 0 saturated carbocycles. The van der Waals surface area contributed by atoms with Gasteiger partial charge in [0, 0.05) is 13.1 Å². The summed E-state index contributed by atoms with van der Waals surface area (Å²) in [6.07, 6.45) is 0. The third kappa shape index (κ3) is 1.89. The fraction of sp³-hybridized carbons (Fsp3) is 0.800. The normalized spacial score (nSPS) is 21.0. The lowest BCUT2D eigenvalue weighted by Crippen LogP contribution is -2.53. The fourth-order valence-corrected chi connectivity index (χ4v) is 2.05. The van der Waals surface area contributed by atoms with Gasteiger partial charge in [-0.25, -0.2) is 4.79 Å². The quantitative estimate of drug-likeness (QED) is 0.409. The van der Waals surface area contributed by atoms with Crippen LogP contribution in [0.1, 0.15) is 6.92 Å². The third-order valence-electron chi connectivity index (χ3n) is 1.89. The Morgan fingerprint density at radius 1 is 1.75 bits per heavy atom. The van der Waals surface area contributed by atoms with Gasteiger partial charge in [0.1, 0.15) is 0 Å². The molecule has 1 saturated heterocycles. The fourth-order valence-electron chi connectivity index (χ4n) is 1.05. The zero-order chi connectivity index (χ0) is 9.35. The maximum absolute atomic E-state index is 11.0. The number of carbonyl (C=O) groups excluding carboxylic acids is 1. The Labute approximate surface area is 75.9 Å².